The topological polar surface area (TPSA) is 32.3 Å². The fraction of sp³-hybridized carbons (Fsp3) is 0.533. The molecular weight excluding hydrogens is 340 g/mol. The summed E-state index contributed by atoms with van der Waals surface area (Å²) in [6, 6.07) is 8.25. The van der Waals surface area contributed by atoms with Gasteiger partial charge in [-0.3, -0.25) is 4.79 Å². The molecule has 2 saturated heterocycles. The van der Waals surface area contributed by atoms with Gasteiger partial charge < -0.3 is 10.2 Å². The molecule has 5 heteroatoms. The van der Waals surface area contributed by atoms with E-state index in [1.807, 2.05) is 17.0 Å². The second-order valence-corrected chi connectivity index (χ2v) is 6.72. The number of carbonyl (C=O) groups excluding carboxylic acids is 1. The monoisotopic (exact) mass is 358 g/mol. The summed E-state index contributed by atoms with van der Waals surface area (Å²) in [4.78, 5) is 14.3. The van der Waals surface area contributed by atoms with Gasteiger partial charge in [0, 0.05) is 24.0 Å². The van der Waals surface area contributed by atoms with Crippen LogP contribution >= 0.6 is 28.3 Å². The zero-order chi connectivity index (χ0) is 13.3. The predicted octanol–water partition coefficient (Wildman–Crippen LogP) is 2.97. The van der Waals surface area contributed by atoms with Gasteiger partial charge in [-0.1, -0.05) is 28.1 Å². The number of nitrogens with zero attached hydrogens (tertiary/aromatic N) is 1. The minimum Gasteiger partial charge on any atom is -0.338 e. The first kappa shape index (κ1) is 15.8. The van der Waals surface area contributed by atoms with Crippen molar-refractivity contribution in [3.63, 3.8) is 0 Å². The van der Waals surface area contributed by atoms with Gasteiger partial charge in [0.1, 0.15) is 0 Å². The van der Waals surface area contributed by atoms with Gasteiger partial charge in [-0.25, -0.2) is 0 Å². The maximum absolute atomic E-state index is 12.2. The average Bonchev–Trinajstić information content (AvgIpc) is 2.69. The van der Waals surface area contributed by atoms with Crippen molar-refractivity contribution in [2.75, 3.05) is 19.6 Å². The van der Waals surface area contributed by atoms with E-state index in [-0.39, 0.29) is 17.8 Å². The highest BCUT2D eigenvalue weighted by atomic mass is 79.9. The van der Waals surface area contributed by atoms with E-state index in [1.165, 1.54) is 5.56 Å². The first-order valence-electron chi connectivity index (χ1n) is 6.90. The van der Waals surface area contributed by atoms with Crippen LogP contribution in [0, 0.1) is 5.41 Å². The number of hydrogen-bond donors (Lipinski definition) is 1. The van der Waals surface area contributed by atoms with Crippen LogP contribution in [0.5, 0.6) is 0 Å². The van der Waals surface area contributed by atoms with Crippen LogP contribution in [0.25, 0.3) is 0 Å². The molecule has 0 unspecified atom stereocenters. The summed E-state index contributed by atoms with van der Waals surface area (Å²) in [5.41, 5.74) is 1.46. The second-order valence-electron chi connectivity index (χ2n) is 5.80. The zero-order valence-corrected chi connectivity index (χ0v) is 13.8. The minimum atomic E-state index is 0. The van der Waals surface area contributed by atoms with Crippen molar-refractivity contribution < 1.29 is 4.79 Å². The molecule has 2 aliphatic heterocycles. The summed E-state index contributed by atoms with van der Waals surface area (Å²) in [5, 5.41) is 3.39. The number of amides is 1. The highest BCUT2D eigenvalue weighted by molar-refractivity contribution is 9.10. The standard InChI is InChI=1S/C15H19BrN2O.ClH/c16-13-3-1-12(2-4-13)10-18-11-15(9-14(18)19)5-7-17-8-6-15;/h1-4,17H,5-11H2;1H. The lowest BCUT2D eigenvalue weighted by atomic mass is 9.78. The van der Waals surface area contributed by atoms with Gasteiger partial charge in [-0.15, -0.1) is 12.4 Å². The fourth-order valence-electron chi connectivity index (χ4n) is 3.23. The first-order chi connectivity index (χ1) is 9.17. The molecule has 2 fully saturated rings. The van der Waals surface area contributed by atoms with Gasteiger partial charge >= 0.3 is 0 Å². The smallest absolute Gasteiger partial charge is 0.223 e. The Hall–Kier alpha value is -0.580. The lowest BCUT2D eigenvalue weighted by Crippen LogP contribution is -2.38. The van der Waals surface area contributed by atoms with Crippen LogP contribution in [0.15, 0.2) is 28.7 Å². The van der Waals surface area contributed by atoms with Crippen LogP contribution in [0.2, 0.25) is 0 Å². The largest absolute Gasteiger partial charge is 0.338 e. The molecule has 20 heavy (non-hydrogen) atoms. The Balaban J connectivity index is 0.00000147. The molecule has 1 aromatic carbocycles. The number of likely N-dealkylation sites (tertiary alicyclic amines) is 1. The van der Waals surface area contributed by atoms with Crippen LogP contribution in [0.4, 0.5) is 0 Å². The molecule has 0 aromatic heterocycles. The normalized spacial score (nSPS) is 21.1. The highest BCUT2D eigenvalue weighted by Gasteiger charge is 2.43. The van der Waals surface area contributed by atoms with E-state index in [0.29, 0.717) is 5.91 Å². The van der Waals surface area contributed by atoms with Gasteiger partial charge in [0.15, 0.2) is 0 Å². The Morgan fingerprint density at radius 3 is 2.50 bits per heavy atom. The van der Waals surface area contributed by atoms with Crippen molar-refractivity contribution >= 4 is 34.2 Å². The summed E-state index contributed by atoms with van der Waals surface area (Å²) in [6.07, 6.45) is 3.01. The number of benzene rings is 1. The summed E-state index contributed by atoms with van der Waals surface area (Å²) >= 11 is 3.44. The third-order valence-electron chi connectivity index (χ3n) is 4.36. The molecule has 0 saturated carbocycles. The van der Waals surface area contributed by atoms with Crippen molar-refractivity contribution in [3.05, 3.63) is 34.3 Å². The number of piperidine rings is 1. The summed E-state index contributed by atoms with van der Waals surface area (Å²) in [5.74, 6) is 0.324. The Kier molecular flexibility index (Phi) is 5.10. The summed E-state index contributed by atoms with van der Waals surface area (Å²) in [6.45, 7) is 3.80. The molecule has 0 aliphatic carbocycles. The summed E-state index contributed by atoms with van der Waals surface area (Å²) < 4.78 is 1.08. The molecule has 1 N–H and O–H groups in total. The first-order valence-corrected chi connectivity index (χ1v) is 7.69. The fourth-order valence-corrected chi connectivity index (χ4v) is 3.49. The van der Waals surface area contributed by atoms with E-state index in [9.17, 15) is 4.79 Å². The van der Waals surface area contributed by atoms with Crippen LogP contribution in [0.3, 0.4) is 0 Å². The van der Waals surface area contributed by atoms with Crippen LogP contribution in [-0.4, -0.2) is 30.4 Å². The quantitative estimate of drug-likeness (QED) is 0.880. The number of halogens is 2. The number of rotatable bonds is 2. The van der Waals surface area contributed by atoms with Gasteiger partial charge in [-0.2, -0.15) is 0 Å². The molecule has 0 atom stereocenters. The van der Waals surface area contributed by atoms with Crippen molar-refractivity contribution in [2.24, 2.45) is 5.41 Å². The maximum Gasteiger partial charge on any atom is 0.223 e. The van der Waals surface area contributed by atoms with E-state index in [2.05, 4.69) is 33.4 Å². The molecule has 3 rings (SSSR count). The van der Waals surface area contributed by atoms with E-state index in [4.69, 9.17) is 0 Å². The van der Waals surface area contributed by atoms with Gasteiger partial charge in [0.25, 0.3) is 0 Å². The van der Waals surface area contributed by atoms with E-state index in [1.54, 1.807) is 0 Å². The molecule has 1 spiro atoms. The third kappa shape index (κ3) is 3.35. The second kappa shape index (κ2) is 6.46. The Morgan fingerprint density at radius 1 is 1.20 bits per heavy atom. The molecule has 2 heterocycles. The Labute approximate surface area is 134 Å². The number of carbonyl (C=O) groups is 1. The molecular formula is C15H20BrClN2O. The molecule has 3 nitrogen and oxygen atoms in total. The van der Waals surface area contributed by atoms with Crippen LogP contribution < -0.4 is 5.32 Å². The molecule has 2 aliphatic rings. The van der Waals surface area contributed by atoms with Gasteiger partial charge in [-0.05, 0) is 49.0 Å². The molecule has 0 bridgehead atoms. The third-order valence-corrected chi connectivity index (χ3v) is 4.88. The minimum absolute atomic E-state index is 0. The van der Waals surface area contributed by atoms with Crippen LogP contribution in [0.1, 0.15) is 24.8 Å². The molecule has 0 radical (unpaired) electrons. The maximum atomic E-state index is 12.2. The van der Waals surface area contributed by atoms with Crippen molar-refractivity contribution in [2.45, 2.75) is 25.8 Å². The lowest BCUT2D eigenvalue weighted by Gasteiger charge is -2.33. The van der Waals surface area contributed by atoms with E-state index in [0.717, 1.165) is 49.9 Å². The molecule has 1 aromatic rings. The predicted molar refractivity (Wildman–Crippen MR) is 86.0 cm³/mol. The van der Waals surface area contributed by atoms with Gasteiger partial charge in [0.2, 0.25) is 5.91 Å². The van der Waals surface area contributed by atoms with Crippen molar-refractivity contribution in [3.8, 4) is 0 Å². The van der Waals surface area contributed by atoms with Crippen molar-refractivity contribution in [1.82, 2.24) is 10.2 Å². The summed E-state index contributed by atoms with van der Waals surface area (Å²) in [7, 11) is 0. The number of hydrogen-bond acceptors (Lipinski definition) is 2. The highest BCUT2D eigenvalue weighted by Crippen LogP contribution is 2.39. The Bertz CT molecular complexity index is 471. The van der Waals surface area contributed by atoms with Crippen molar-refractivity contribution in [1.29, 1.82) is 0 Å². The SMILES string of the molecule is Cl.O=C1CC2(CCNCC2)CN1Cc1ccc(Br)cc1. The van der Waals surface area contributed by atoms with Gasteiger partial charge in [0.05, 0.1) is 0 Å². The van der Waals surface area contributed by atoms with Crippen LogP contribution in [-0.2, 0) is 11.3 Å². The van der Waals surface area contributed by atoms with E-state index < -0.39 is 0 Å². The molecule has 110 valence electrons. The Morgan fingerprint density at radius 2 is 1.85 bits per heavy atom. The average molecular weight is 360 g/mol. The number of nitrogens with one attached hydrogen (secondary N) is 1. The van der Waals surface area contributed by atoms with E-state index >= 15 is 0 Å². The molecule has 1 amide bonds. The zero-order valence-electron chi connectivity index (χ0n) is 11.4. The lowest BCUT2D eigenvalue weighted by molar-refractivity contribution is -0.128.